The van der Waals surface area contributed by atoms with Crippen molar-refractivity contribution in [3.05, 3.63) is 29.8 Å². The molecule has 1 aliphatic carbocycles. The number of para-hydroxylation sites is 1. The molecule has 4 saturated heterocycles. The monoisotopic (exact) mass is 428 g/mol. The van der Waals surface area contributed by atoms with Crippen molar-refractivity contribution in [3.63, 3.8) is 0 Å². The van der Waals surface area contributed by atoms with Gasteiger partial charge in [-0.15, -0.1) is 0 Å². The molecular weight excluding hydrogens is 400 g/mol. The molecule has 1 spiro atoms. The van der Waals surface area contributed by atoms with E-state index in [-0.39, 0.29) is 35.3 Å². The van der Waals surface area contributed by atoms with Crippen LogP contribution in [0.1, 0.15) is 32.3 Å². The van der Waals surface area contributed by atoms with E-state index in [2.05, 4.69) is 11.8 Å². The Hall–Kier alpha value is -2.00. The van der Waals surface area contributed by atoms with Gasteiger partial charge in [0.25, 0.3) is 5.91 Å². The number of fused-ring (bicyclic) bond motifs is 3. The summed E-state index contributed by atoms with van der Waals surface area (Å²) in [4.78, 5) is 34.2. The van der Waals surface area contributed by atoms with Gasteiger partial charge in [-0.25, -0.2) is 0 Å². The number of anilines is 1. The van der Waals surface area contributed by atoms with Crippen LogP contribution in [-0.4, -0.2) is 67.6 Å². The largest absolute Gasteiger partial charge is 0.459 e. The predicted octanol–water partition coefficient (Wildman–Crippen LogP) is 1.62. The van der Waals surface area contributed by atoms with Crippen molar-refractivity contribution >= 4 is 17.6 Å². The average Bonchev–Trinajstić information content (AvgIpc) is 3.29. The van der Waals surface area contributed by atoms with Crippen molar-refractivity contribution in [3.8, 4) is 0 Å². The van der Waals surface area contributed by atoms with Crippen LogP contribution in [0.5, 0.6) is 0 Å². The summed E-state index contributed by atoms with van der Waals surface area (Å²) in [7, 11) is 1.51. The first kappa shape index (κ1) is 19.7. The summed E-state index contributed by atoms with van der Waals surface area (Å²) >= 11 is 0. The number of amides is 1. The van der Waals surface area contributed by atoms with Gasteiger partial charge in [-0.05, 0) is 24.5 Å². The molecule has 5 fully saturated rings. The molecule has 1 saturated carbocycles. The van der Waals surface area contributed by atoms with Crippen LogP contribution in [0.25, 0.3) is 0 Å². The zero-order chi connectivity index (χ0) is 21.5. The Labute approximate surface area is 181 Å². The summed E-state index contributed by atoms with van der Waals surface area (Å²) < 4.78 is 18.5. The first-order chi connectivity index (χ1) is 15.0. The lowest BCUT2D eigenvalue weighted by atomic mass is 9.67. The molecule has 0 radical (unpaired) electrons. The second kappa shape index (κ2) is 6.51. The lowest BCUT2D eigenvalue weighted by molar-refractivity contribution is -0.192. The maximum Gasteiger partial charge on any atom is 0.303 e. The number of benzene rings is 1. The molecule has 5 heterocycles. The second-order valence-electron chi connectivity index (χ2n) is 9.46. The highest BCUT2D eigenvalue weighted by atomic mass is 16.7. The van der Waals surface area contributed by atoms with Gasteiger partial charge in [0.05, 0.1) is 38.3 Å². The molecule has 0 unspecified atom stereocenters. The van der Waals surface area contributed by atoms with Gasteiger partial charge in [0.2, 0.25) is 0 Å². The Kier molecular flexibility index (Phi) is 4.13. The topological polar surface area (TPSA) is 77.5 Å². The summed E-state index contributed by atoms with van der Waals surface area (Å²) in [5.41, 5.74) is 0.463. The fourth-order valence-corrected chi connectivity index (χ4v) is 7.46. The third-order valence-corrected chi connectivity index (χ3v) is 8.53. The fourth-order valence-electron chi connectivity index (χ4n) is 7.46. The maximum atomic E-state index is 14.0. The molecule has 1 aromatic carbocycles. The quantitative estimate of drug-likeness (QED) is 0.677. The number of nitrogens with zero attached hydrogens (tertiary/aromatic N) is 2. The van der Waals surface area contributed by atoms with Gasteiger partial charge in [-0.1, -0.05) is 25.1 Å². The maximum absolute atomic E-state index is 14.0. The molecule has 8 heteroatoms. The predicted molar refractivity (Wildman–Crippen MR) is 109 cm³/mol. The van der Waals surface area contributed by atoms with Crippen LogP contribution < -0.4 is 5.06 Å². The Bertz CT molecular complexity index is 954. The Morgan fingerprint density at radius 1 is 1.32 bits per heavy atom. The van der Waals surface area contributed by atoms with Crippen molar-refractivity contribution in [2.24, 2.45) is 11.8 Å². The first-order valence-electron chi connectivity index (χ1n) is 11.1. The van der Waals surface area contributed by atoms with E-state index < -0.39 is 17.6 Å². The highest BCUT2D eigenvalue weighted by molar-refractivity contribution is 6.07. The number of hydroxylamine groups is 1. The number of carbonyl (C=O) groups excluding carboxylic acids is 2. The van der Waals surface area contributed by atoms with E-state index in [0.717, 1.165) is 17.7 Å². The number of ether oxygens (including phenoxy) is 3. The molecule has 0 N–H and O–H groups in total. The van der Waals surface area contributed by atoms with Crippen LogP contribution in [0.15, 0.2) is 24.3 Å². The molecule has 6 aliphatic rings. The molecule has 7 rings (SSSR count). The number of carbonyl (C=O) groups is 2. The van der Waals surface area contributed by atoms with Crippen LogP contribution in [0.3, 0.4) is 0 Å². The molecule has 166 valence electrons. The molecule has 5 aliphatic heterocycles. The van der Waals surface area contributed by atoms with Crippen molar-refractivity contribution in [1.82, 2.24) is 4.90 Å². The lowest BCUT2D eigenvalue weighted by Gasteiger charge is -2.49. The van der Waals surface area contributed by atoms with Crippen LogP contribution in [0, 0.1) is 11.8 Å². The molecule has 4 bridgehead atoms. The van der Waals surface area contributed by atoms with Gasteiger partial charge < -0.3 is 14.2 Å². The van der Waals surface area contributed by atoms with Gasteiger partial charge in [0, 0.05) is 24.8 Å². The number of esters is 1. The summed E-state index contributed by atoms with van der Waals surface area (Å²) in [6.07, 6.45) is 0.401. The Morgan fingerprint density at radius 2 is 2.13 bits per heavy atom. The fraction of sp³-hybridized carbons (Fsp3) is 0.652. The number of hydrogen-bond donors (Lipinski definition) is 0. The zero-order valence-corrected chi connectivity index (χ0v) is 18.1. The third-order valence-electron chi connectivity index (χ3n) is 8.53. The van der Waals surface area contributed by atoms with Crippen LogP contribution in [0.4, 0.5) is 5.69 Å². The Morgan fingerprint density at radius 3 is 2.87 bits per heavy atom. The van der Waals surface area contributed by atoms with Crippen LogP contribution >= 0.6 is 0 Å². The third kappa shape index (κ3) is 2.19. The van der Waals surface area contributed by atoms with Crippen molar-refractivity contribution in [1.29, 1.82) is 0 Å². The van der Waals surface area contributed by atoms with E-state index in [9.17, 15) is 9.59 Å². The molecule has 1 amide bonds. The van der Waals surface area contributed by atoms with E-state index in [1.807, 2.05) is 24.3 Å². The molecule has 31 heavy (non-hydrogen) atoms. The summed E-state index contributed by atoms with van der Waals surface area (Å²) in [6, 6.07) is 7.83. The van der Waals surface area contributed by atoms with E-state index in [1.54, 1.807) is 0 Å². The number of rotatable bonds is 3. The second-order valence-corrected chi connectivity index (χ2v) is 9.46. The SMILES string of the molecule is CC[C@@]12COCN1[C@H]1C[C@@]3(C(=O)N(OC)c4ccccc43)[C@@H]3OC[C@H]1[C@H]2[C@@H]3OC(C)=O. The average molecular weight is 428 g/mol. The number of hydrogen-bond acceptors (Lipinski definition) is 7. The summed E-state index contributed by atoms with van der Waals surface area (Å²) in [6.45, 7) is 5.32. The van der Waals surface area contributed by atoms with Gasteiger partial charge in [0.15, 0.2) is 0 Å². The van der Waals surface area contributed by atoms with Crippen LogP contribution in [-0.2, 0) is 34.1 Å². The zero-order valence-electron chi connectivity index (χ0n) is 18.1. The van der Waals surface area contributed by atoms with Gasteiger partial charge in [-0.2, -0.15) is 5.06 Å². The van der Waals surface area contributed by atoms with Gasteiger partial charge in [-0.3, -0.25) is 19.3 Å². The summed E-state index contributed by atoms with van der Waals surface area (Å²) in [5.74, 6) is -0.253. The highest BCUT2D eigenvalue weighted by Gasteiger charge is 2.74. The molecule has 0 aromatic heterocycles. The molecular formula is C23H28N2O6. The van der Waals surface area contributed by atoms with E-state index in [1.165, 1.54) is 19.1 Å². The van der Waals surface area contributed by atoms with Crippen LogP contribution in [0.2, 0.25) is 0 Å². The highest BCUT2D eigenvalue weighted by Crippen LogP contribution is 2.63. The molecule has 8 nitrogen and oxygen atoms in total. The van der Waals surface area contributed by atoms with E-state index in [0.29, 0.717) is 26.4 Å². The van der Waals surface area contributed by atoms with E-state index >= 15 is 0 Å². The van der Waals surface area contributed by atoms with Gasteiger partial charge >= 0.3 is 5.97 Å². The van der Waals surface area contributed by atoms with Crippen molar-refractivity contribution in [2.45, 2.75) is 55.9 Å². The minimum Gasteiger partial charge on any atom is -0.459 e. The molecule has 1 aromatic rings. The standard InChI is InChI=1S/C23H28N2O6/c1-4-22-11-29-12-24(22)17-9-23(15-7-5-6-8-16(15)25(28-3)21(23)27)20-19(31-13(2)26)18(22)14(17)10-30-20/h5-8,14,17-20H,4,9-12H2,1-3H3/t14-,17+,18+,19+,20-,22+,23+/m1/s1. The van der Waals surface area contributed by atoms with E-state index in [4.69, 9.17) is 19.0 Å². The minimum absolute atomic E-state index is 0.0589. The normalized spacial score (nSPS) is 42.7. The Balaban J connectivity index is 1.58. The van der Waals surface area contributed by atoms with Crippen molar-refractivity contribution < 1.29 is 28.6 Å². The first-order valence-corrected chi connectivity index (χ1v) is 11.1. The summed E-state index contributed by atoms with van der Waals surface area (Å²) in [5, 5.41) is 1.38. The van der Waals surface area contributed by atoms with Crippen molar-refractivity contribution in [2.75, 3.05) is 32.1 Å². The lowest BCUT2D eigenvalue weighted by Crippen LogP contribution is -2.64. The van der Waals surface area contributed by atoms with Gasteiger partial charge in [0.1, 0.15) is 17.6 Å². The molecule has 7 atom stereocenters. The smallest absolute Gasteiger partial charge is 0.303 e. The minimum atomic E-state index is -0.969.